The molecule has 0 saturated heterocycles. The maximum Gasteiger partial charge on any atom is 0.128 e. The average Bonchev–Trinajstić information content (AvgIpc) is 2.39. The van der Waals surface area contributed by atoms with Crippen LogP contribution in [0.2, 0.25) is 5.02 Å². The number of benzene rings is 2. The molecule has 0 aliphatic heterocycles. The van der Waals surface area contributed by atoms with Crippen LogP contribution in [0.3, 0.4) is 0 Å². The summed E-state index contributed by atoms with van der Waals surface area (Å²) in [6.45, 7) is 0.525. The Morgan fingerprint density at radius 1 is 1.05 bits per heavy atom. The zero-order chi connectivity index (χ0) is 15.4. The molecule has 5 heteroatoms. The van der Waals surface area contributed by atoms with E-state index in [4.69, 9.17) is 11.6 Å². The molecule has 2 aromatic rings. The highest BCUT2D eigenvalue weighted by molar-refractivity contribution is 6.30. The third kappa shape index (κ3) is 4.41. The summed E-state index contributed by atoms with van der Waals surface area (Å²) < 4.78 is 26.3. The van der Waals surface area contributed by atoms with Crippen molar-refractivity contribution in [3.05, 3.63) is 64.7 Å². The molecular weight excluding hydrogens is 294 g/mol. The molecule has 0 fully saturated rings. The highest BCUT2D eigenvalue weighted by atomic mass is 35.5. The second-order valence-corrected chi connectivity index (χ2v) is 5.51. The molecular formula is C16H17ClF2N2. The number of anilines is 1. The number of nitrogens with zero attached hydrogens (tertiary/aromatic N) is 1. The van der Waals surface area contributed by atoms with E-state index in [9.17, 15) is 8.78 Å². The predicted molar refractivity (Wildman–Crippen MR) is 82.7 cm³/mol. The smallest absolute Gasteiger partial charge is 0.128 e. The summed E-state index contributed by atoms with van der Waals surface area (Å²) in [5.74, 6) is -1.18. The van der Waals surface area contributed by atoms with Crippen LogP contribution in [0.15, 0.2) is 42.5 Å². The van der Waals surface area contributed by atoms with Gasteiger partial charge in [0.2, 0.25) is 0 Å². The van der Waals surface area contributed by atoms with Crippen molar-refractivity contribution in [2.45, 2.75) is 6.04 Å². The molecule has 0 aromatic heterocycles. The SMILES string of the molecule is CN(C)C(CNc1cc(F)cc(F)c1)c1ccc(Cl)cc1. The molecule has 1 N–H and O–H groups in total. The van der Waals surface area contributed by atoms with Gasteiger partial charge in [-0.05, 0) is 43.9 Å². The summed E-state index contributed by atoms with van der Waals surface area (Å²) in [5, 5.41) is 3.74. The second kappa shape index (κ2) is 6.87. The van der Waals surface area contributed by atoms with E-state index < -0.39 is 11.6 Å². The van der Waals surface area contributed by atoms with Crippen LogP contribution >= 0.6 is 11.6 Å². The molecule has 0 amide bonds. The van der Waals surface area contributed by atoms with Crippen LogP contribution in [0.25, 0.3) is 0 Å². The normalized spacial score (nSPS) is 12.5. The van der Waals surface area contributed by atoms with E-state index in [1.54, 1.807) is 0 Å². The molecule has 0 aliphatic rings. The van der Waals surface area contributed by atoms with E-state index in [0.717, 1.165) is 11.6 Å². The van der Waals surface area contributed by atoms with Gasteiger partial charge in [0, 0.05) is 23.3 Å². The Morgan fingerprint density at radius 3 is 2.14 bits per heavy atom. The molecule has 2 rings (SSSR count). The predicted octanol–water partition coefficient (Wildman–Crippen LogP) is 4.33. The Bertz CT molecular complexity index is 579. The van der Waals surface area contributed by atoms with Crippen molar-refractivity contribution >= 4 is 17.3 Å². The minimum atomic E-state index is -0.592. The quantitative estimate of drug-likeness (QED) is 0.884. The summed E-state index contributed by atoms with van der Waals surface area (Å²) in [7, 11) is 3.90. The van der Waals surface area contributed by atoms with Gasteiger partial charge >= 0.3 is 0 Å². The molecule has 2 aromatic carbocycles. The molecule has 21 heavy (non-hydrogen) atoms. The fourth-order valence-corrected chi connectivity index (χ4v) is 2.28. The van der Waals surface area contributed by atoms with Gasteiger partial charge in [-0.2, -0.15) is 0 Å². The Kier molecular flexibility index (Phi) is 5.15. The summed E-state index contributed by atoms with van der Waals surface area (Å²) in [6.07, 6.45) is 0. The third-order valence-electron chi connectivity index (χ3n) is 3.24. The van der Waals surface area contributed by atoms with Gasteiger partial charge in [0.25, 0.3) is 0 Å². The van der Waals surface area contributed by atoms with Gasteiger partial charge in [0.05, 0.1) is 6.04 Å². The lowest BCUT2D eigenvalue weighted by atomic mass is 10.1. The van der Waals surface area contributed by atoms with Gasteiger partial charge in [0.1, 0.15) is 11.6 Å². The molecule has 1 unspecified atom stereocenters. The van der Waals surface area contributed by atoms with E-state index in [0.29, 0.717) is 17.3 Å². The molecule has 0 saturated carbocycles. The van der Waals surface area contributed by atoms with Crippen molar-refractivity contribution < 1.29 is 8.78 Å². The molecule has 2 nitrogen and oxygen atoms in total. The Hall–Kier alpha value is -1.65. The monoisotopic (exact) mass is 310 g/mol. The number of nitrogens with one attached hydrogen (secondary N) is 1. The molecule has 1 atom stereocenters. The minimum absolute atomic E-state index is 0.0635. The zero-order valence-corrected chi connectivity index (χ0v) is 12.7. The summed E-state index contributed by atoms with van der Waals surface area (Å²) in [5.41, 5.74) is 1.50. The minimum Gasteiger partial charge on any atom is -0.383 e. The number of likely N-dealkylation sites (N-methyl/N-ethyl adjacent to an activating group) is 1. The maximum atomic E-state index is 13.2. The van der Waals surface area contributed by atoms with Crippen molar-refractivity contribution in [3.63, 3.8) is 0 Å². The van der Waals surface area contributed by atoms with E-state index in [2.05, 4.69) is 5.32 Å². The van der Waals surface area contributed by atoms with E-state index in [1.807, 2.05) is 43.3 Å². The fraction of sp³-hybridized carbons (Fsp3) is 0.250. The zero-order valence-electron chi connectivity index (χ0n) is 11.9. The standard InChI is InChI=1S/C16H17ClF2N2/c1-21(2)16(11-3-5-12(17)6-4-11)10-20-15-8-13(18)7-14(19)9-15/h3-9,16,20H,10H2,1-2H3. The highest BCUT2D eigenvalue weighted by Gasteiger charge is 2.14. The lowest BCUT2D eigenvalue weighted by Crippen LogP contribution is -2.26. The number of hydrogen-bond donors (Lipinski definition) is 1. The van der Waals surface area contributed by atoms with Gasteiger partial charge in [-0.3, -0.25) is 0 Å². The van der Waals surface area contributed by atoms with Crippen LogP contribution in [0.4, 0.5) is 14.5 Å². The third-order valence-corrected chi connectivity index (χ3v) is 3.49. The maximum absolute atomic E-state index is 13.2. The van der Waals surface area contributed by atoms with Crippen molar-refractivity contribution in [1.82, 2.24) is 4.90 Å². The number of hydrogen-bond acceptors (Lipinski definition) is 2. The Morgan fingerprint density at radius 2 is 1.62 bits per heavy atom. The van der Waals surface area contributed by atoms with Gasteiger partial charge < -0.3 is 10.2 Å². The first-order valence-corrected chi connectivity index (χ1v) is 6.95. The van der Waals surface area contributed by atoms with Gasteiger partial charge in [-0.1, -0.05) is 23.7 Å². The first-order valence-electron chi connectivity index (χ1n) is 6.57. The van der Waals surface area contributed by atoms with Crippen LogP contribution in [0.1, 0.15) is 11.6 Å². The summed E-state index contributed by atoms with van der Waals surface area (Å²) in [4.78, 5) is 2.03. The van der Waals surface area contributed by atoms with Gasteiger partial charge in [-0.15, -0.1) is 0 Å². The summed E-state index contributed by atoms with van der Waals surface area (Å²) >= 11 is 5.89. The van der Waals surface area contributed by atoms with Crippen molar-refractivity contribution in [3.8, 4) is 0 Å². The van der Waals surface area contributed by atoms with Gasteiger partial charge in [0.15, 0.2) is 0 Å². The first kappa shape index (κ1) is 15.7. The molecule has 0 radical (unpaired) electrons. The fourth-order valence-electron chi connectivity index (χ4n) is 2.15. The Balaban J connectivity index is 2.11. The van der Waals surface area contributed by atoms with Crippen molar-refractivity contribution in [1.29, 1.82) is 0 Å². The molecule has 112 valence electrons. The molecule has 0 heterocycles. The molecule has 0 spiro atoms. The lowest BCUT2D eigenvalue weighted by molar-refractivity contribution is 0.312. The summed E-state index contributed by atoms with van der Waals surface area (Å²) in [6, 6.07) is 11.0. The lowest BCUT2D eigenvalue weighted by Gasteiger charge is -2.25. The molecule has 0 bridgehead atoms. The van der Waals surface area contributed by atoms with E-state index in [-0.39, 0.29) is 6.04 Å². The second-order valence-electron chi connectivity index (χ2n) is 5.07. The van der Waals surface area contributed by atoms with E-state index >= 15 is 0 Å². The topological polar surface area (TPSA) is 15.3 Å². The van der Waals surface area contributed by atoms with Crippen LogP contribution in [-0.4, -0.2) is 25.5 Å². The van der Waals surface area contributed by atoms with E-state index in [1.165, 1.54) is 12.1 Å². The average molecular weight is 311 g/mol. The molecule has 0 aliphatic carbocycles. The largest absolute Gasteiger partial charge is 0.383 e. The van der Waals surface area contributed by atoms with Crippen LogP contribution in [0.5, 0.6) is 0 Å². The van der Waals surface area contributed by atoms with Crippen molar-refractivity contribution in [2.75, 3.05) is 26.0 Å². The Labute approximate surface area is 128 Å². The highest BCUT2D eigenvalue weighted by Crippen LogP contribution is 2.22. The van der Waals surface area contributed by atoms with Crippen LogP contribution in [-0.2, 0) is 0 Å². The van der Waals surface area contributed by atoms with Crippen molar-refractivity contribution in [2.24, 2.45) is 0 Å². The number of rotatable bonds is 5. The number of halogens is 3. The van der Waals surface area contributed by atoms with Gasteiger partial charge in [-0.25, -0.2) is 8.78 Å². The van der Waals surface area contributed by atoms with Crippen LogP contribution in [0, 0.1) is 11.6 Å². The first-order chi connectivity index (χ1) is 9.95. The van der Waals surface area contributed by atoms with Crippen LogP contribution < -0.4 is 5.32 Å².